The zero-order valence-electron chi connectivity index (χ0n) is 15.9. The molecule has 0 saturated carbocycles. The number of carbonyl (C=O) groups excluding carboxylic acids is 2. The lowest BCUT2D eigenvalue weighted by Crippen LogP contribution is -2.42. The Kier molecular flexibility index (Phi) is 5.67. The lowest BCUT2D eigenvalue weighted by Gasteiger charge is -2.14. The van der Waals surface area contributed by atoms with Crippen LogP contribution in [0.1, 0.15) is 27.1 Å². The van der Waals surface area contributed by atoms with E-state index in [0.717, 1.165) is 10.8 Å². The second-order valence-electron chi connectivity index (χ2n) is 6.93. The molecule has 1 amide bonds. The molecule has 156 valence electrons. The lowest BCUT2D eigenvalue weighted by molar-refractivity contribution is -0.139. The number of rotatable bonds is 6. The number of ketones is 1. The van der Waals surface area contributed by atoms with E-state index in [4.69, 9.17) is 27.6 Å². The molecule has 1 heterocycles. The summed E-state index contributed by atoms with van der Waals surface area (Å²) in [5, 5.41) is 13.9. The molecule has 8 heteroatoms. The number of aliphatic carboxylic acids is 1. The highest BCUT2D eigenvalue weighted by Crippen LogP contribution is 2.29. The maximum absolute atomic E-state index is 12.8. The fourth-order valence-electron chi connectivity index (χ4n) is 3.28. The van der Waals surface area contributed by atoms with Crippen LogP contribution in [0.5, 0.6) is 0 Å². The van der Waals surface area contributed by atoms with Gasteiger partial charge < -0.3 is 14.8 Å². The van der Waals surface area contributed by atoms with Gasteiger partial charge in [-0.15, -0.1) is 0 Å². The predicted molar refractivity (Wildman–Crippen MR) is 118 cm³/mol. The summed E-state index contributed by atoms with van der Waals surface area (Å²) >= 11 is 11.7. The highest BCUT2D eigenvalue weighted by Gasteiger charge is 2.25. The van der Waals surface area contributed by atoms with Crippen LogP contribution in [0.3, 0.4) is 0 Å². The number of carbonyl (C=O) groups is 3. The van der Waals surface area contributed by atoms with E-state index >= 15 is 0 Å². The van der Waals surface area contributed by atoms with Gasteiger partial charge in [-0.1, -0.05) is 41.4 Å². The third-order valence-corrected chi connectivity index (χ3v) is 5.61. The Bertz CT molecular complexity index is 1340. The van der Waals surface area contributed by atoms with Gasteiger partial charge in [0.2, 0.25) is 0 Å². The number of Topliss-reactive ketones (excluding diaryl/α,β-unsaturated/α-hetero) is 1. The van der Waals surface area contributed by atoms with Crippen molar-refractivity contribution in [3.05, 3.63) is 81.8 Å². The molecule has 1 atom stereocenters. The standard InChI is InChI=1S/C23H15Cl2NO5/c24-16-7-5-13(10-17(16)25)22(28)26-18(23(29)30)11-19(27)12-6-8-21-15(9-12)14-3-1-2-4-20(14)31-21/h1-10,18H,11H2,(H,26,28)(H,29,30). The first-order valence-corrected chi connectivity index (χ1v) is 10.0. The zero-order chi connectivity index (χ0) is 22.1. The molecule has 31 heavy (non-hydrogen) atoms. The molecule has 0 bridgehead atoms. The van der Waals surface area contributed by atoms with Crippen LogP contribution in [-0.2, 0) is 4.79 Å². The average molecular weight is 456 g/mol. The molecule has 0 saturated heterocycles. The van der Waals surface area contributed by atoms with Gasteiger partial charge in [0.15, 0.2) is 5.78 Å². The summed E-state index contributed by atoms with van der Waals surface area (Å²) in [4.78, 5) is 36.9. The van der Waals surface area contributed by atoms with E-state index in [0.29, 0.717) is 16.7 Å². The maximum atomic E-state index is 12.8. The van der Waals surface area contributed by atoms with Crippen LogP contribution in [0.25, 0.3) is 21.9 Å². The number of benzene rings is 3. The van der Waals surface area contributed by atoms with Gasteiger partial charge in [-0.3, -0.25) is 9.59 Å². The molecule has 4 aromatic rings. The van der Waals surface area contributed by atoms with E-state index in [1.54, 1.807) is 18.2 Å². The molecule has 2 N–H and O–H groups in total. The minimum Gasteiger partial charge on any atom is -0.480 e. The van der Waals surface area contributed by atoms with Gasteiger partial charge in [0.1, 0.15) is 17.2 Å². The van der Waals surface area contributed by atoms with Gasteiger partial charge in [-0.25, -0.2) is 4.79 Å². The summed E-state index contributed by atoms with van der Waals surface area (Å²) in [7, 11) is 0. The number of hydrogen-bond acceptors (Lipinski definition) is 4. The van der Waals surface area contributed by atoms with E-state index in [1.165, 1.54) is 18.2 Å². The summed E-state index contributed by atoms with van der Waals surface area (Å²) in [5.74, 6) is -2.42. The zero-order valence-corrected chi connectivity index (χ0v) is 17.4. The Hall–Kier alpha value is -3.35. The molecule has 4 rings (SSSR count). The summed E-state index contributed by atoms with van der Waals surface area (Å²) in [6.07, 6.45) is -0.413. The second kappa shape index (κ2) is 8.41. The van der Waals surface area contributed by atoms with E-state index in [2.05, 4.69) is 5.32 Å². The van der Waals surface area contributed by atoms with Crippen LogP contribution in [0.15, 0.2) is 65.1 Å². The Morgan fingerprint density at radius 1 is 0.871 bits per heavy atom. The van der Waals surface area contributed by atoms with Crippen LogP contribution in [0, 0.1) is 0 Å². The molecule has 6 nitrogen and oxygen atoms in total. The van der Waals surface area contributed by atoms with E-state index in [-0.39, 0.29) is 15.6 Å². The Morgan fingerprint density at radius 3 is 2.32 bits per heavy atom. The fourth-order valence-corrected chi connectivity index (χ4v) is 3.58. The van der Waals surface area contributed by atoms with Gasteiger partial charge in [0.25, 0.3) is 5.91 Å². The highest BCUT2D eigenvalue weighted by molar-refractivity contribution is 6.42. The van der Waals surface area contributed by atoms with Gasteiger partial charge in [0, 0.05) is 28.3 Å². The number of para-hydroxylation sites is 1. The number of halogens is 2. The number of amides is 1. The normalized spacial score (nSPS) is 12.1. The van der Waals surface area contributed by atoms with Crippen LogP contribution < -0.4 is 5.32 Å². The van der Waals surface area contributed by atoms with Crippen molar-refractivity contribution in [3.8, 4) is 0 Å². The van der Waals surface area contributed by atoms with Crippen molar-refractivity contribution in [1.29, 1.82) is 0 Å². The number of furan rings is 1. The monoisotopic (exact) mass is 455 g/mol. The molecule has 0 spiro atoms. The van der Waals surface area contributed by atoms with Gasteiger partial charge in [-0.05, 0) is 42.5 Å². The van der Waals surface area contributed by atoms with Crippen LogP contribution in [0.4, 0.5) is 0 Å². The van der Waals surface area contributed by atoms with E-state index < -0.39 is 30.1 Å². The first-order valence-electron chi connectivity index (χ1n) is 9.26. The molecular weight excluding hydrogens is 441 g/mol. The molecule has 1 unspecified atom stereocenters. The SMILES string of the molecule is O=C(CC(NC(=O)c1ccc(Cl)c(Cl)c1)C(=O)O)c1ccc2oc3ccccc3c2c1. The molecule has 3 aromatic carbocycles. The number of nitrogens with one attached hydrogen (secondary N) is 1. The van der Waals surface area contributed by atoms with Crippen LogP contribution >= 0.6 is 23.2 Å². The lowest BCUT2D eigenvalue weighted by atomic mass is 10.0. The molecule has 0 radical (unpaired) electrons. The molecule has 0 aliphatic carbocycles. The number of fused-ring (bicyclic) bond motifs is 3. The summed E-state index contributed by atoms with van der Waals surface area (Å²) in [5.41, 5.74) is 1.79. The van der Waals surface area contributed by atoms with Crippen molar-refractivity contribution >= 4 is 62.8 Å². The summed E-state index contributed by atoms with van der Waals surface area (Å²) in [6.45, 7) is 0. The van der Waals surface area contributed by atoms with Crippen molar-refractivity contribution in [2.75, 3.05) is 0 Å². The van der Waals surface area contributed by atoms with Crippen molar-refractivity contribution in [1.82, 2.24) is 5.32 Å². The average Bonchev–Trinajstić information content (AvgIpc) is 3.12. The summed E-state index contributed by atoms with van der Waals surface area (Å²) in [6, 6.07) is 15.1. The maximum Gasteiger partial charge on any atom is 0.326 e. The largest absolute Gasteiger partial charge is 0.480 e. The van der Waals surface area contributed by atoms with Gasteiger partial charge >= 0.3 is 5.97 Å². The Morgan fingerprint density at radius 2 is 1.58 bits per heavy atom. The molecule has 0 aliphatic rings. The summed E-state index contributed by atoms with van der Waals surface area (Å²) < 4.78 is 5.74. The first-order chi connectivity index (χ1) is 14.8. The minimum atomic E-state index is -1.41. The fraction of sp³-hybridized carbons (Fsp3) is 0.0870. The quantitative estimate of drug-likeness (QED) is 0.382. The predicted octanol–water partition coefficient (Wildman–Crippen LogP) is 5.35. The van der Waals surface area contributed by atoms with Crippen molar-refractivity contribution in [2.24, 2.45) is 0 Å². The first kappa shape index (κ1) is 20.9. The second-order valence-corrected chi connectivity index (χ2v) is 7.74. The number of carboxylic acids is 1. The third-order valence-electron chi connectivity index (χ3n) is 4.87. The molecular formula is C23H15Cl2NO5. The third kappa shape index (κ3) is 4.26. The Balaban J connectivity index is 1.55. The van der Waals surface area contributed by atoms with Crippen molar-refractivity contribution in [2.45, 2.75) is 12.5 Å². The van der Waals surface area contributed by atoms with Crippen molar-refractivity contribution < 1.29 is 23.9 Å². The van der Waals surface area contributed by atoms with E-state index in [9.17, 15) is 19.5 Å². The highest BCUT2D eigenvalue weighted by atomic mass is 35.5. The topological polar surface area (TPSA) is 96.6 Å². The molecule has 1 aromatic heterocycles. The number of hydrogen-bond donors (Lipinski definition) is 2. The van der Waals surface area contributed by atoms with Crippen molar-refractivity contribution in [3.63, 3.8) is 0 Å². The Labute approximate surface area is 186 Å². The van der Waals surface area contributed by atoms with Crippen LogP contribution in [0.2, 0.25) is 10.0 Å². The number of carboxylic acid groups (broad SMARTS) is 1. The minimum absolute atomic E-state index is 0.138. The molecule has 0 fully saturated rings. The van der Waals surface area contributed by atoms with Crippen LogP contribution in [-0.4, -0.2) is 28.8 Å². The van der Waals surface area contributed by atoms with Gasteiger partial charge in [0.05, 0.1) is 10.0 Å². The van der Waals surface area contributed by atoms with Gasteiger partial charge in [-0.2, -0.15) is 0 Å². The smallest absolute Gasteiger partial charge is 0.326 e. The molecule has 0 aliphatic heterocycles. The van der Waals surface area contributed by atoms with E-state index in [1.807, 2.05) is 24.3 Å².